The van der Waals surface area contributed by atoms with E-state index in [4.69, 9.17) is 4.74 Å². The molecule has 0 atom stereocenters. The number of pyridine rings is 1. The number of hydrogen-bond donors (Lipinski definition) is 1. The first kappa shape index (κ1) is 16.7. The van der Waals surface area contributed by atoms with Crippen molar-refractivity contribution in [2.75, 3.05) is 11.9 Å². The normalized spacial score (nSPS) is 10.6. The maximum absolute atomic E-state index is 12.7. The smallest absolute Gasteiger partial charge is 0.338 e. The second-order valence-electron chi connectivity index (χ2n) is 5.65. The lowest BCUT2D eigenvalue weighted by atomic mass is 10.2. The molecule has 0 aliphatic rings. The van der Waals surface area contributed by atoms with E-state index in [1.165, 1.54) is 0 Å². The third-order valence-corrected chi connectivity index (χ3v) is 3.71. The van der Waals surface area contributed by atoms with Crippen molar-refractivity contribution in [3.8, 4) is 0 Å². The molecule has 0 aliphatic heterocycles. The topological polar surface area (TPSA) is 72.7 Å². The Morgan fingerprint density at radius 1 is 1.20 bits per heavy atom. The molecule has 6 nitrogen and oxygen atoms in total. The maximum Gasteiger partial charge on any atom is 0.338 e. The number of hydrogen-bond acceptors (Lipinski definition) is 4. The molecule has 0 bridgehead atoms. The molecule has 3 rings (SSSR count). The number of anilines is 1. The maximum atomic E-state index is 12.7. The summed E-state index contributed by atoms with van der Waals surface area (Å²) in [7, 11) is 0. The van der Waals surface area contributed by atoms with Gasteiger partial charge in [0.25, 0.3) is 5.91 Å². The minimum Gasteiger partial charge on any atom is -0.462 e. The van der Waals surface area contributed by atoms with Crippen LogP contribution in [0.25, 0.3) is 5.65 Å². The number of rotatable bonds is 5. The van der Waals surface area contributed by atoms with Crippen molar-refractivity contribution >= 4 is 23.2 Å². The van der Waals surface area contributed by atoms with E-state index in [1.807, 2.05) is 25.1 Å². The third-order valence-electron chi connectivity index (χ3n) is 3.71. The number of fused-ring (bicyclic) bond motifs is 1. The molecule has 3 aromatic rings. The van der Waals surface area contributed by atoms with E-state index in [2.05, 4.69) is 10.3 Å². The van der Waals surface area contributed by atoms with Crippen LogP contribution in [0.15, 0.2) is 48.7 Å². The van der Waals surface area contributed by atoms with E-state index in [0.29, 0.717) is 34.9 Å². The number of carbonyl (C=O) groups is 2. The summed E-state index contributed by atoms with van der Waals surface area (Å²) >= 11 is 0. The molecule has 0 aliphatic carbocycles. The Morgan fingerprint density at radius 2 is 2.04 bits per heavy atom. The zero-order valence-electron chi connectivity index (χ0n) is 14.2. The predicted molar refractivity (Wildman–Crippen MR) is 94.9 cm³/mol. The van der Waals surface area contributed by atoms with Crippen LogP contribution in [0.4, 0.5) is 5.69 Å². The van der Waals surface area contributed by atoms with Gasteiger partial charge in [0.05, 0.1) is 17.9 Å². The number of aromatic nitrogens is 2. The summed E-state index contributed by atoms with van der Waals surface area (Å²) < 4.78 is 6.86. The largest absolute Gasteiger partial charge is 0.462 e. The van der Waals surface area contributed by atoms with Crippen LogP contribution in [0.5, 0.6) is 0 Å². The van der Waals surface area contributed by atoms with E-state index in [1.54, 1.807) is 41.8 Å². The first-order valence-electron chi connectivity index (χ1n) is 8.12. The van der Waals surface area contributed by atoms with Crippen molar-refractivity contribution in [2.45, 2.75) is 20.3 Å². The monoisotopic (exact) mass is 337 g/mol. The van der Waals surface area contributed by atoms with Crippen molar-refractivity contribution in [2.24, 2.45) is 0 Å². The highest BCUT2D eigenvalue weighted by atomic mass is 16.5. The summed E-state index contributed by atoms with van der Waals surface area (Å²) in [6.07, 6.45) is 2.55. The number of amides is 1. The van der Waals surface area contributed by atoms with E-state index in [9.17, 15) is 9.59 Å². The Bertz CT molecular complexity index is 931. The minimum absolute atomic E-state index is 0.282. The fourth-order valence-electron chi connectivity index (χ4n) is 2.58. The molecule has 0 fully saturated rings. The van der Waals surface area contributed by atoms with E-state index in [0.717, 1.165) is 6.42 Å². The van der Waals surface area contributed by atoms with Gasteiger partial charge >= 0.3 is 5.97 Å². The molecule has 25 heavy (non-hydrogen) atoms. The quantitative estimate of drug-likeness (QED) is 0.724. The van der Waals surface area contributed by atoms with Gasteiger partial charge in [-0.1, -0.05) is 19.1 Å². The van der Waals surface area contributed by atoms with Gasteiger partial charge in [0.1, 0.15) is 11.3 Å². The lowest BCUT2D eigenvalue weighted by molar-refractivity contribution is 0.0505. The molecule has 0 radical (unpaired) electrons. The number of ether oxygens (including phenoxy) is 1. The van der Waals surface area contributed by atoms with Gasteiger partial charge < -0.3 is 10.1 Å². The van der Waals surface area contributed by atoms with Crippen LogP contribution in [0.3, 0.4) is 0 Å². The molecule has 1 amide bonds. The van der Waals surface area contributed by atoms with Gasteiger partial charge in [-0.05, 0) is 43.7 Å². The van der Waals surface area contributed by atoms with Crippen molar-refractivity contribution in [3.63, 3.8) is 0 Å². The zero-order valence-corrected chi connectivity index (χ0v) is 14.2. The van der Waals surface area contributed by atoms with Gasteiger partial charge in [-0.15, -0.1) is 0 Å². The molecular weight excluding hydrogens is 318 g/mol. The van der Waals surface area contributed by atoms with Crippen LogP contribution in [-0.4, -0.2) is 27.9 Å². The molecule has 2 heterocycles. The molecule has 0 saturated heterocycles. The summed E-state index contributed by atoms with van der Waals surface area (Å²) in [5, 5.41) is 2.82. The van der Waals surface area contributed by atoms with Crippen LogP contribution >= 0.6 is 0 Å². The number of aryl methyl sites for hydroxylation is 1. The van der Waals surface area contributed by atoms with Crippen molar-refractivity contribution in [3.05, 3.63) is 65.6 Å². The molecular formula is C19H19N3O3. The number of imidazole rings is 1. The van der Waals surface area contributed by atoms with Crippen molar-refractivity contribution in [1.82, 2.24) is 9.38 Å². The van der Waals surface area contributed by atoms with E-state index >= 15 is 0 Å². The van der Waals surface area contributed by atoms with Gasteiger partial charge in [-0.3, -0.25) is 9.20 Å². The van der Waals surface area contributed by atoms with Gasteiger partial charge in [-0.25, -0.2) is 9.78 Å². The van der Waals surface area contributed by atoms with E-state index < -0.39 is 5.97 Å². The highest BCUT2D eigenvalue weighted by Crippen LogP contribution is 2.16. The zero-order chi connectivity index (χ0) is 17.8. The molecule has 128 valence electrons. The Morgan fingerprint density at radius 3 is 2.84 bits per heavy atom. The fourth-order valence-corrected chi connectivity index (χ4v) is 2.58. The second kappa shape index (κ2) is 7.17. The highest BCUT2D eigenvalue weighted by Gasteiger charge is 2.17. The number of carbonyl (C=O) groups excluding carboxylic acids is 2. The lowest BCUT2D eigenvalue weighted by Gasteiger charge is -2.08. The highest BCUT2D eigenvalue weighted by molar-refractivity contribution is 6.05. The molecule has 1 N–H and O–H groups in total. The van der Waals surface area contributed by atoms with Gasteiger partial charge in [0.2, 0.25) is 0 Å². The van der Waals surface area contributed by atoms with E-state index in [-0.39, 0.29) is 5.91 Å². The molecule has 0 saturated carbocycles. The average molecular weight is 337 g/mol. The first-order chi connectivity index (χ1) is 12.1. The van der Waals surface area contributed by atoms with Crippen LogP contribution in [-0.2, 0) is 4.74 Å². The van der Waals surface area contributed by atoms with Crippen molar-refractivity contribution < 1.29 is 14.3 Å². The summed E-state index contributed by atoms with van der Waals surface area (Å²) in [4.78, 5) is 29.0. The summed E-state index contributed by atoms with van der Waals surface area (Å²) in [6, 6.07) is 12.3. The summed E-state index contributed by atoms with van der Waals surface area (Å²) in [5.41, 5.74) is 2.75. The summed E-state index contributed by atoms with van der Waals surface area (Å²) in [5.74, 6) is -0.681. The predicted octanol–water partition coefficient (Wildman–Crippen LogP) is 3.46. The summed E-state index contributed by atoms with van der Waals surface area (Å²) in [6.45, 7) is 4.10. The minimum atomic E-state index is -0.399. The fraction of sp³-hybridized carbons (Fsp3) is 0.211. The van der Waals surface area contributed by atoms with Crippen LogP contribution in [0, 0.1) is 6.92 Å². The lowest BCUT2D eigenvalue weighted by Crippen LogP contribution is -2.16. The number of nitrogens with one attached hydrogen (secondary N) is 1. The number of esters is 1. The Hall–Kier alpha value is -3.15. The van der Waals surface area contributed by atoms with Crippen LogP contribution in [0.2, 0.25) is 0 Å². The molecule has 0 unspecified atom stereocenters. The Labute approximate surface area is 145 Å². The van der Waals surface area contributed by atoms with Crippen LogP contribution in [0.1, 0.15) is 39.9 Å². The first-order valence-corrected chi connectivity index (χ1v) is 8.12. The SMILES string of the molecule is CCCOC(=O)c1cccc(NC(=O)c2c(C)nc3ccccn23)c1. The Balaban J connectivity index is 1.83. The van der Waals surface area contributed by atoms with Gasteiger partial charge in [0.15, 0.2) is 0 Å². The number of nitrogens with zero attached hydrogens (tertiary/aromatic N) is 2. The Kier molecular flexibility index (Phi) is 4.79. The van der Waals surface area contributed by atoms with Gasteiger partial charge in [-0.2, -0.15) is 0 Å². The van der Waals surface area contributed by atoms with Crippen molar-refractivity contribution in [1.29, 1.82) is 0 Å². The average Bonchev–Trinajstić information content (AvgIpc) is 2.95. The molecule has 0 spiro atoms. The standard InChI is InChI=1S/C19H19N3O3/c1-3-11-25-19(24)14-7-6-8-15(12-14)21-18(23)17-13(2)20-16-9-4-5-10-22(16)17/h4-10,12H,3,11H2,1-2H3,(H,21,23). The third kappa shape index (κ3) is 3.52. The second-order valence-corrected chi connectivity index (χ2v) is 5.65. The molecule has 2 aromatic heterocycles. The molecule has 1 aromatic carbocycles. The molecule has 6 heteroatoms. The van der Waals surface area contributed by atoms with Gasteiger partial charge in [0, 0.05) is 11.9 Å². The van der Waals surface area contributed by atoms with Crippen LogP contribution < -0.4 is 5.32 Å². The number of benzene rings is 1.